The van der Waals surface area contributed by atoms with Crippen molar-refractivity contribution in [1.82, 2.24) is 4.90 Å². The Morgan fingerprint density at radius 1 is 0.919 bits per heavy atom. The van der Waals surface area contributed by atoms with Gasteiger partial charge in [0.15, 0.2) is 0 Å². The number of carbonyl (C=O) groups excluding carboxylic acids is 3. The van der Waals surface area contributed by atoms with Crippen LogP contribution in [0, 0.1) is 10.1 Å². The number of hydrogen-bond donors (Lipinski definition) is 0. The highest BCUT2D eigenvalue weighted by molar-refractivity contribution is 9.10. The number of nitrogens with zero attached hydrogens (tertiary/aromatic N) is 3. The van der Waals surface area contributed by atoms with Gasteiger partial charge in [-0.2, -0.15) is 0 Å². The predicted molar refractivity (Wildman–Crippen MR) is 146 cm³/mol. The van der Waals surface area contributed by atoms with E-state index < -0.39 is 28.3 Å². The third kappa shape index (κ3) is 6.14. The van der Waals surface area contributed by atoms with Crippen LogP contribution in [0.3, 0.4) is 0 Å². The number of halogens is 2. The number of imide groups is 1. The Kier molecular flexibility index (Phi) is 8.19. The van der Waals surface area contributed by atoms with E-state index >= 15 is 0 Å². The van der Waals surface area contributed by atoms with Gasteiger partial charge in [-0.1, -0.05) is 56.1 Å². The lowest BCUT2D eigenvalue weighted by molar-refractivity contribution is -0.384. The summed E-state index contributed by atoms with van der Waals surface area (Å²) in [6, 6.07) is 19.3. The molecule has 0 atom stereocenters. The number of benzene rings is 3. The van der Waals surface area contributed by atoms with Crippen molar-refractivity contribution in [2.75, 3.05) is 11.9 Å². The van der Waals surface area contributed by atoms with Crippen molar-refractivity contribution >= 4 is 61.0 Å². The molecule has 10 heteroatoms. The van der Waals surface area contributed by atoms with Crippen molar-refractivity contribution in [3.63, 3.8) is 0 Å². The molecule has 37 heavy (non-hydrogen) atoms. The van der Waals surface area contributed by atoms with Crippen LogP contribution < -0.4 is 4.90 Å². The molecule has 1 aliphatic heterocycles. The Hall–Kier alpha value is -3.37. The van der Waals surface area contributed by atoms with E-state index in [-0.39, 0.29) is 30.1 Å². The highest BCUT2D eigenvalue weighted by Crippen LogP contribution is 2.33. The monoisotopic (exact) mass is 627 g/mol. The summed E-state index contributed by atoms with van der Waals surface area (Å²) >= 11 is 6.88. The Balaban J connectivity index is 1.65. The minimum atomic E-state index is -0.674. The number of amides is 3. The summed E-state index contributed by atoms with van der Waals surface area (Å²) in [5, 5.41) is 11.8. The number of rotatable bonds is 8. The Bertz CT molecular complexity index is 1300. The molecule has 3 aromatic carbocycles. The fourth-order valence-corrected chi connectivity index (χ4v) is 4.87. The molecule has 0 N–H and O–H groups in total. The molecule has 1 saturated heterocycles. The van der Waals surface area contributed by atoms with Crippen LogP contribution in [0.5, 0.6) is 0 Å². The zero-order valence-electron chi connectivity index (χ0n) is 19.9. The molecule has 0 bridgehead atoms. The van der Waals surface area contributed by atoms with Gasteiger partial charge >= 0.3 is 0 Å². The van der Waals surface area contributed by atoms with Crippen molar-refractivity contribution in [2.24, 2.45) is 0 Å². The lowest BCUT2D eigenvalue weighted by Crippen LogP contribution is -2.40. The van der Waals surface area contributed by atoms with Gasteiger partial charge in [0.05, 0.1) is 4.92 Å². The highest BCUT2D eigenvalue weighted by Gasteiger charge is 2.35. The maximum Gasteiger partial charge on any atom is 0.294 e. The Morgan fingerprint density at radius 3 is 1.86 bits per heavy atom. The summed E-state index contributed by atoms with van der Waals surface area (Å²) < 4.78 is 1.90. The molecule has 3 amide bonds. The second-order valence-corrected chi connectivity index (χ2v) is 10.6. The molecule has 8 nitrogen and oxygen atoms in total. The average Bonchev–Trinajstić information content (AvgIpc) is 3.22. The van der Waals surface area contributed by atoms with E-state index in [1.807, 2.05) is 48.5 Å². The van der Waals surface area contributed by atoms with Gasteiger partial charge in [-0.15, -0.1) is 0 Å². The third-order valence-corrected chi connectivity index (χ3v) is 7.41. The molecule has 190 valence electrons. The molecule has 4 rings (SSSR count). The molecule has 0 unspecified atom stereocenters. The number of anilines is 1. The van der Waals surface area contributed by atoms with Gasteiger partial charge in [-0.05, 0) is 60.4 Å². The first-order chi connectivity index (χ1) is 17.6. The van der Waals surface area contributed by atoms with Crippen LogP contribution in [0.25, 0.3) is 0 Å². The lowest BCUT2D eigenvalue weighted by atomic mass is 9.97. The van der Waals surface area contributed by atoms with Crippen molar-refractivity contribution < 1.29 is 19.3 Å². The molecule has 3 aromatic rings. The van der Waals surface area contributed by atoms with Crippen LogP contribution >= 0.6 is 31.9 Å². The average molecular weight is 629 g/mol. The maximum absolute atomic E-state index is 13.6. The molecular formula is C27H23Br2N3O5. The molecular weight excluding hydrogens is 606 g/mol. The van der Waals surface area contributed by atoms with Crippen LogP contribution in [0.4, 0.5) is 11.4 Å². The number of nitro benzene ring substituents is 1. The number of hydrogen-bond acceptors (Lipinski definition) is 5. The van der Waals surface area contributed by atoms with Gasteiger partial charge < -0.3 is 4.90 Å². The SMILES string of the molecule is CN(C(=O)c1ccc(N2C(=O)CCC2=O)c([N+](=O)[O-])c1)C(Cc1ccc(Br)cc1)Cc1ccc(Br)cc1. The molecule has 0 saturated carbocycles. The van der Waals surface area contributed by atoms with E-state index in [2.05, 4.69) is 31.9 Å². The zero-order valence-corrected chi connectivity index (χ0v) is 23.1. The summed E-state index contributed by atoms with van der Waals surface area (Å²) in [6.07, 6.45) is 1.16. The van der Waals surface area contributed by atoms with Crippen molar-refractivity contribution in [3.05, 3.63) is 102 Å². The number of carbonyl (C=O) groups is 3. The minimum absolute atomic E-state index is 0.00715. The Morgan fingerprint density at radius 2 is 1.41 bits per heavy atom. The van der Waals surface area contributed by atoms with Gasteiger partial charge in [0.1, 0.15) is 5.69 Å². The van der Waals surface area contributed by atoms with E-state index in [1.54, 1.807) is 11.9 Å². The van der Waals surface area contributed by atoms with Crippen LogP contribution in [0.15, 0.2) is 75.7 Å². The van der Waals surface area contributed by atoms with E-state index in [9.17, 15) is 24.5 Å². The van der Waals surface area contributed by atoms with E-state index in [4.69, 9.17) is 0 Å². The fraction of sp³-hybridized carbons (Fsp3) is 0.222. The van der Waals surface area contributed by atoms with Crippen LogP contribution in [-0.4, -0.2) is 40.6 Å². The Labute approximate surface area is 230 Å². The second-order valence-electron chi connectivity index (χ2n) is 8.81. The van der Waals surface area contributed by atoms with Crippen molar-refractivity contribution in [3.8, 4) is 0 Å². The van der Waals surface area contributed by atoms with Gasteiger partial charge in [-0.3, -0.25) is 24.5 Å². The van der Waals surface area contributed by atoms with Crippen molar-refractivity contribution in [2.45, 2.75) is 31.7 Å². The van der Waals surface area contributed by atoms with E-state index in [1.165, 1.54) is 12.1 Å². The topological polar surface area (TPSA) is 101 Å². The summed E-state index contributed by atoms with van der Waals surface area (Å²) in [4.78, 5) is 51.5. The van der Waals surface area contributed by atoms with E-state index in [0.29, 0.717) is 12.8 Å². The number of likely N-dealkylation sites (N-methyl/N-ethyl adjacent to an activating group) is 1. The lowest BCUT2D eigenvalue weighted by Gasteiger charge is -2.29. The molecule has 0 aromatic heterocycles. The molecule has 1 aliphatic rings. The first kappa shape index (κ1) is 26.7. The molecule has 0 spiro atoms. The maximum atomic E-state index is 13.6. The second kappa shape index (κ2) is 11.4. The fourth-order valence-electron chi connectivity index (χ4n) is 4.34. The quantitative estimate of drug-likeness (QED) is 0.181. The largest absolute Gasteiger partial charge is 0.338 e. The molecule has 1 fully saturated rings. The van der Waals surface area contributed by atoms with Gasteiger partial charge in [0.2, 0.25) is 11.8 Å². The van der Waals surface area contributed by atoms with Gasteiger partial charge in [0.25, 0.3) is 11.6 Å². The summed E-state index contributed by atoms with van der Waals surface area (Å²) in [5.41, 5.74) is 1.61. The summed E-state index contributed by atoms with van der Waals surface area (Å²) in [5.74, 6) is -1.38. The molecule has 0 radical (unpaired) electrons. The summed E-state index contributed by atoms with van der Waals surface area (Å²) in [7, 11) is 1.68. The first-order valence-corrected chi connectivity index (χ1v) is 13.1. The smallest absolute Gasteiger partial charge is 0.294 e. The summed E-state index contributed by atoms with van der Waals surface area (Å²) in [6.45, 7) is 0. The number of nitro groups is 1. The highest BCUT2D eigenvalue weighted by atomic mass is 79.9. The van der Waals surface area contributed by atoms with Gasteiger partial charge in [-0.25, -0.2) is 4.90 Å². The predicted octanol–water partition coefficient (Wildman–Crippen LogP) is 5.70. The van der Waals surface area contributed by atoms with E-state index in [0.717, 1.165) is 31.0 Å². The van der Waals surface area contributed by atoms with Crippen LogP contribution in [-0.2, 0) is 22.4 Å². The minimum Gasteiger partial charge on any atom is -0.338 e. The van der Waals surface area contributed by atoms with Gasteiger partial charge in [0, 0.05) is 46.5 Å². The molecule has 1 heterocycles. The van der Waals surface area contributed by atoms with Crippen LogP contribution in [0.1, 0.15) is 34.3 Å². The first-order valence-electron chi connectivity index (χ1n) is 11.5. The van der Waals surface area contributed by atoms with Crippen molar-refractivity contribution in [1.29, 1.82) is 0 Å². The zero-order chi connectivity index (χ0) is 26.7. The third-order valence-electron chi connectivity index (χ3n) is 6.35. The molecule has 0 aliphatic carbocycles. The standard InChI is InChI=1S/C27H23Br2N3O5/c1-30(22(14-17-2-7-20(28)8-3-17)15-18-4-9-21(29)10-5-18)27(35)19-6-11-23(24(16-19)32(36)37)31-25(33)12-13-26(31)34/h2-11,16,22H,12-15H2,1H3. The van der Waals surface area contributed by atoms with Crippen LogP contribution in [0.2, 0.25) is 0 Å². The normalized spacial score (nSPS) is 13.4.